The lowest BCUT2D eigenvalue weighted by Gasteiger charge is -2.26. The van der Waals surface area contributed by atoms with Crippen molar-refractivity contribution < 1.29 is 4.79 Å². The molecule has 0 fully saturated rings. The van der Waals surface area contributed by atoms with E-state index in [9.17, 15) is 4.79 Å². The van der Waals surface area contributed by atoms with Crippen LogP contribution in [0.25, 0.3) is 0 Å². The summed E-state index contributed by atoms with van der Waals surface area (Å²) in [5.41, 5.74) is 0.875. The Balaban J connectivity index is 3.84. The average molecular weight is 161 g/mol. The summed E-state index contributed by atoms with van der Waals surface area (Å²) in [6.45, 7) is 8.32. The van der Waals surface area contributed by atoms with Crippen LogP contribution >= 0.6 is 11.9 Å². The van der Waals surface area contributed by atoms with Gasteiger partial charge in [-0.2, -0.15) is 0 Å². The lowest BCUT2D eigenvalue weighted by atomic mass is 10.3. The number of nitrogens with zero attached hydrogens (tertiary/aromatic N) is 1. The second-order valence-electron chi connectivity index (χ2n) is 2.75. The lowest BCUT2D eigenvalue weighted by Crippen LogP contribution is -2.30. The summed E-state index contributed by atoms with van der Waals surface area (Å²) in [5, 5.41) is 0. The van der Waals surface area contributed by atoms with E-state index in [1.807, 2.05) is 0 Å². The first-order chi connectivity index (χ1) is 4.59. The molecule has 0 bridgehead atoms. The number of carbonyl (C=O) groups is 1. The van der Waals surface area contributed by atoms with Crippen molar-refractivity contribution in [2.45, 2.75) is 39.8 Å². The van der Waals surface area contributed by atoms with Crippen molar-refractivity contribution in [3.8, 4) is 0 Å². The predicted molar refractivity (Wildman–Crippen MR) is 46.5 cm³/mol. The molecule has 0 amide bonds. The van der Waals surface area contributed by atoms with Crippen molar-refractivity contribution in [1.82, 2.24) is 4.31 Å². The van der Waals surface area contributed by atoms with E-state index in [0.29, 0.717) is 12.1 Å². The van der Waals surface area contributed by atoms with E-state index in [1.54, 1.807) is 0 Å². The Morgan fingerprint density at radius 1 is 1.20 bits per heavy atom. The lowest BCUT2D eigenvalue weighted by molar-refractivity contribution is 0.337. The van der Waals surface area contributed by atoms with Gasteiger partial charge in [0.15, 0.2) is 5.62 Å². The molecule has 0 aromatic rings. The highest BCUT2D eigenvalue weighted by atomic mass is 32.2. The van der Waals surface area contributed by atoms with Gasteiger partial charge >= 0.3 is 0 Å². The fourth-order valence-corrected chi connectivity index (χ4v) is 1.48. The van der Waals surface area contributed by atoms with Gasteiger partial charge in [-0.25, -0.2) is 4.31 Å². The monoisotopic (exact) mass is 161 g/mol. The van der Waals surface area contributed by atoms with Crippen LogP contribution in [-0.4, -0.2) is 22.0 Å². The van der Waals surface area contributed by atoms with Crippen molar-refractivity contribution in [2.75, 3.05) is 0 Å². The summed E-state index contributed by atoms with van der Waals surface area (Å²) in [5.74, 6) is 0. The van der Waals surface area contributed by atoms with Crippen molar-refractivity contribution >= 4 is 17.6 Å². The van der Waals surface area contributed by atoms with Gasteiger partial charge in [-0.15, -0.1) is 0 Å². The highest BCUT2D eigenvalue weighted by Crippen LogP contribution is 2.14. The highest BCUT2D eigenvalue weighted by Gasteiger charge is 2.12. The first-order valence-corrected chi connectivity index (χ1v) is 4.32. The number of hydrogen-bond donors (Lipinski definition) is 0. The molecule has 0 atom stereocenters. The molecule has 0 N–H and O–H groups in total. The summed E-state index contributed by atoms with van der Waals surface area (Å²) >= 11 is 1.25. The third-order valence-corrected chi connectivity index (χ3v) is 2.36. The van der Waals surface area contributed by atoms with Crippen LogP contribution in [0.5, 0.6) is 0 Å². The van der Waals surface area contributed by atoms with Crippen LogP contribution < -0.4 is 0 Å². The highest BCUT2D eigenvalue weighted by molar-refractivity contribution is 8.09. The van der Waals surface area contributed by atoms with Gasteiger partial charge in [0.1, 0.15) is 0 Å². The minimum atomic E-state index is 0.426. The molecule has 0 aliphatic heterocycles. The molecule has 0 spiro atoms. The van der Waals surface area contributed by atoms with Crippen molar-refractivity contribution in [3.63, 3.8) is 0 Å². The second-order valence-corrected chi connectivity index (χ2v) is 3.57. The molecule has 0 aromatic carbocycles. The summed E-state index contributed by atoms with van der Waals surface area (Å²) in [7, 11) is 0. The molecule has 0 saturated carbocycles. The molecule has 0 heterocycles. The minimum Gasteiger partial charge on any atom is -0.290 e. The fraction of sp³-hybridized carbons (Fsp3) is 0.857. The quantitative estimate of drug-likeness (QED) is 0.464. The Morgan fingerprint density at radius 2 is 1.60 bits per heavy atom. The molecule has 0 unspecified atom stereocenters. The average Bonchev–Trinajstić information content (AvgIpc) is 1.81. The van der Waals surface area contributed by atoms with E-state index >= 15 is 0 Å². The number of hydrogen-bond acceptors (Lipinski definition) is 3. The smallest absolute Gasteiger partial charge is 0.191 e. The third kappa shape index (κ3) is 3.22. The van der Waals surface area contributed by atoms with Crippen LogP contribution in [0, 0.1) is 0 Å². The maximum absolute atomic E-state index is 10.1. The van der Waals surface area contributed by atoms with Gasteiger partial charge in [0.05, 0.1) is 0 Å². The van der Waals surface area contributed by atoms with Crippen LogP contribution in [0.15, 0.2) is 0 Å². The topological polar surface area (TPSA) is 20.3 Å². The van der Waals surface area contributed by atoms with E-state index < -0.39 is 0 Å². The molecule has 0 aliphatic carbocycles. The van der Waals surface area contributed by atoms with Crippen LogP contribution in [0.3, 0.4) is 0 Å². The number of carbonyl (C=O) groups excluding carboxylic acids is 1. The second kappa shape index (κ2) is 4.74. The zero-order valence-corrected chi connectivity index (χ0v) is 7.81. The van der Waals surface area contributed by atoms with Gasteiger partial charge in [0, 0.05) is 12.1 Å². The normalized spacial score (nSPS) is 11.5. The summed E-state index contributed by atoms with van der Waals surface area (Å²) in [6.07, 6.45) is 0. The zero-order chi connectivity index (χ0) is 8.15. The Morgan fingerprint density at radius 3 is 1.70 bits per heavy atom. The Kier molecular flexibility index (Phi) is 4.73. The van der Waals surface area contributed by atoms with Gasteiger partial charge in [-0.1, -0.05) is 0 Å². The fourth-order valence-electron chi connectivity index (χ4n) is 0.889. The molecule has 10 heavy (non-hydrogen) atoms. The molecule has 0 aromatic heterocycles. The molecule has 0 saturated heterocycles. The van der Waals surface area contributed by atoms with Crippen molar-refractivity contribution in [3.05, 3.63) is 0 Å². The zero-order valence-electron chi connectivity index (χ0n) is 7.00. The van der Waals surface area contributed by atoms with Crippen molar-refractivity contribution in [2.24, 2.45) is 0 Å². The molecular formula is C7H15NOS. The van der Waals surface area contributed by atoms with E-state index in [4.69, 9.17) is 0 Å². The Hall–Kier alpha value is -0.0200. The van der Waals surface area contributed by atoms with E-state index in [0.717, 1.165) is 5.62 Å². The van der Waals surface area contributed by atoms with E-state index in [1.165, 1.54) is 11.9 Å². The Bertz CT molecular complexity index is 95.8. The SMILES string of the molecule is CC(C)N(SC=O)C(C)C. The van der Waals surface area contributed by atoms with Crippen LogP contribution in [0.1, 0.15) is 27.7 Å². The first kappa shape index (κ1) is 9.98. The summed E-state index contributed by atoms with van der Waals surface area (Å²) in [4.78, 5) is 10.1. The maximum atomic E-state index is 10.1. The predicted octanol–water partition coefficient (Wildman–Crippen LogP) is 1.94. The molecule has 0 radical (unpaired) electrons. The third-order valence-electron chi connectivity index (χ3n) is 1.18. The van der Waals surface area contributed by atoms with Gasteiger partial charge in [0.25, 0.3) is 0 Å². The van der Waals surface area contributed by atoms with Crippen molar-refractivity contribution in [1.29, 1.82) is 0 Å². The summed E-state index contributed by atoms with van der Waals surface area (Å²) < 4.78 is 2.06. The molecule has 0 aliphatic rings. The molecule has 3 heteroatoms. The van der Waals surface area contributed by atoms with Gasteiger partial charge < -0.3 is 0 Å². The molecule has 2 nitrogen and oxygen atoms in total. The van der Waals surface area contributed by atoms with Gasteiger partial charge in [-0.3, -0.25) is 4.79 Å². The molecule has 60 valence electrons. The van der Waals surface area contributed by atoms with E-state index in [-0.39, 0.29) is 0 Å². The van der Waals surface area contributed by atoms with Crippen LogP contribution in [-0.2, 0) is 4.79 Å². The minimum absolute atomic E-state index is 0.426. The Labute approximate surface area is 67.1 Å². The van der Waals surface area contributed by atoms with Gasteiger partial charge in [0.2, 0.25) is 0 Å². The van der Waals surface area contributed by atoms with Gasteiger partial charge in [-0.05, 0) is 39.6 Å². The van der Waals surface area contributed by atoms with E-state index in [2.05, 4.69) is 32.0 Å². The largest absolute Gasteiger partial charge is 0.290 e. The van der Waals surface area contributed by atoms with Crippen LogP contribution in [0.2, 0.25) is 0 Å². The van der Waals surface area contributed by atoms with Crippen LogP contribution in [0.4, 0.5) is 0 Å². The maximum Gasteiger partial charge on any atom is 0.191 e. The standard InChI is InChI=1S/C7H15NOS/c1-6(2)8(7(3)4)10-5-9/h5-7H,1-4H3. The number of rotatable bonds is 4. The molecular weight excluding hydrogens is 146 g/mol. The summed E-state index contributed by atoms with van der Waals surface area (Å²) in [6, 6.07) is 0.852. The first-order valence-electron chi connectivity index (χ1n) is 3.48. The molecule has 0 rings (SSSR count).